The van der Waals surface area contributed by atoms with Gasteiger partial charge in [0.1, 0.15) is 0 Å². The number of amides is 1. The first-order valence-corrected chi connectivity index (χ1v) is 6.07. The van der Waals surface area contributed by atoms with Gasteiger partial charge in [-0.15, -0.1) is 0 Å². The fourth-order valence-corrected chi connectivity index (χ4v) is 1.73. The maximum absolute atomic E-state index is 13.5. The van der Waals surface area contributed by atoms with E-state index in [2.05, 4.69) is 10.5 Å². The highest BCUT2D eigenvalue weighted by Crippen LogP contribution is 2.15. The third-order valence-corrected chi connectivity index (χ3v) is 2.91. The molecule has 0 unspecified atom stereocenters. The molecule has 2 N–H and O–H groups in total. The lowest BCUT2D eigenvalue weighted by Gasteiger charge is -2.07. The third kappa shape index (κ3) is 3.22. The molecule has 0 spiro atoms. The third-order valence-electron chi connectivity index (χ3n) is 2.91. The highest BCUT2D eigenvalue weighted by atomic mass is 19.2. The number of carbonyl (C=O) groups is 1. The van der Waals surface area contributed by atoms with Gasteiger partial charge in [-0.2, -0.15) is 0 Å². The number of anilines is 1. The normalized spacial score (nSPS) is 11.3. The zero-order valence-electron chi connectivity index (χ0n) is 11.1. The van der Waals surface area contributed by atoms with E-state index in [0.29, 0.717) is 17.0 Å². The van der Waals surface area contributed by atoms with Crippen molar-refractivity contribution in [2.75, 3.05) is 5.32 Å². The summed E-state index contributed by atoms with van der Waals surface area (Å²) in [6, 6.07) is 9.80. The fraction of sp³-hybridized carbons (Fsp3) is 0.0667. The lowest BCUT2D eigenvalue weighted by Crippen LogP contribution is -2.14. The highest BCUT2D eigenvalue weighted by Gasteiger charge is 2.15. The molecule has 1 amide bonds. The number of carbonyl (C=O) groups excluding carboxylic acids is 1. The van der Waals surface area contributed by atoms with Crippen molar-refractivity contribution < 1.29 is 18.8 Å². The van der Waals surface area contributed by atoms with Crippen molar-refractivity contribution in [3.8, 4) is 0 Å². The van der Waals surface area contributed by atoms with Crippen molar-refractivity contribution in [2.45, 2.75) is 6.92 Å². The van der Waals surface area contributed by atoms with Crippen molar-refractivity contribution in [1.29, 1.82) is 0 Å². The standard InChI is InChI=1S/C15H12F2N2O2/c1-9(19-21)10-5-7-11(8-6-10)18-15(20)12-3-2-4-13(16)14(12)17/h2-8,21H,1H3,(H,18,20). The van der Waals surface area contributed by atoms with Crippen LogP contribution < -0.4 is 5.32 Å². The Morgan fingerprint density at radius 3 is 2.43 bits per heavy atom. The van der Waals surface area contributed by atoms with E-state index in [-0.39, 0.29) is 5.56 Å². The zero-order chi connectivity index (χ0) is 15.4. The number of hydrogen-bond donors (Lipinski definition) is 2. The average Bonchev–Trinajstić information content (AvgIpc) is 2.50. The van der Waals surface area contributed by atoms with Gasteiger partial charge in [-0.05, 0) is 36.8 Å². The maximum atomic E-state index is 13.5. The van der Waals surface area contributed by atoms with Crippen LogP contribution in [-0.4, -0.2) is 16.8 Å². The van der Waals surface area contributed by atoms with Crippen LogP contribution in [0.3, 0.4) is 0 Å². The van der Waals surface area contributed by atoms with Gasteiger partial charge in [-0.25, -0.2) is 8.78 Å². The Bertz CT molecular complexity index is 697. The van der Waals surface area contributed by atoms with E-state index in [1.165, 1.54) is 12.1 Å². The molecule has 21 heavy (non-hydrogen) atoms. The highest BCUT2D eigenvalue weighted by molar-refractivity contribution is 6.05. The van der Waals surface area contributed by atoms with E-state index in [0.717, 1.165) is 6.07 Å². The first-order chi connectivity index (χ1) is 10.0. The molecule has 0 aliphatic heterocycles. The minimum absolute atomic E-state index is 0.368. The molecule has 0 aromatic heterocycles. The van der Waals surface area contributed by atoms with Crippen LogP contribution in [0.25, 0.3) is 0 Å². The van der Waals surface area contributed by atoms with E-state index in [1.807, 2.05) is 0 Å². The van der Waals surface area contributed by atoms with E-state index >= 15 is 0 Å². The molecule has 0 aliphatic carbocycles. The lowest BCUT2D eigenvalue weighted by atomic mass is 10.1. The molecule has 2 aromatic carbocycles. The first-order valence-electron chi connectivity index (χ1n) is 6.07. The quantitative estimate of drug-likeness (QED) is 0.517. The van der Waals surface area contributed by atoms with E-state index in [9.17, 15) is 13.6 Å². The number of nitrogens with zero attached hydrogens (tertiary/aromatic N) is 1. The predicted octanol–water partition coefficient (Wildman–Crippen LogP) is 3.42. The van der Waals surface area contributed by atoms with Gasteiger partial charge in [-0.3, -0.25) is 4.79 Å². The molecule has 0 saturated heterocycles. The topological polar surface area (TPSA) is 61.7 Å². The largest absolute Gasteiger partial charge is 0.411 e. The minimum atomic E-state index is -1.19. The molecule has 0 radical (unpaired) electrons. The summed E-state index contributed by atoms with van der Waals surface area (Å²) in [5, 5.41) is 14.2. The van der Waals surface area contributed by atoms with Crippen LogP contribution in [0.4, 0.5) is 14.5 Å². The van der Waals surface area contributed by atoms with Gasteiger partial charge < -0.3 is 10.5 Å². The number of hydrogen-bond acceptors (Lipinski definition) is 3. The molecule has 2 aromatic rings. The second-order valence-corrected chi connectivity index (χ2v) is 4.32. The number of oxime groups is 1. The summed E-state index contributed by atoms with van der Waals surface area (Å²) >= 11 is 0. The summed E-state index contributed by atoms with van der Waals surface area (Å²) < 4.78 is 26.6. The second-order valence-electron chi connectivity index (χ2n) is 4.32. The van der Waals surface area contributed by atoms with Gasteiger partial charge in [0.2, 0.25) is 0 Å². The van der Waals surface area contributed by atoms with Crippen LogP contribution >= 0.6 is 0 Å². The van der Waals surface area contributed by atoms with Crippen LogP contribution in [0, 0.1) is 11.6 Å². The smallest absolute Gasteiger partial charge is 0.258 e. The lowest BCUT2D eigenvalue weighted by molar-refractivity contribution is 0.102. The monoisotopic (exact) mass is 290 g/mol. The molecule has 0 fully saturated rings. The molecule has 2 rings (SSSR count). The molecular formula is C15H12F2N2O2. The van der Waals surface area contributed by atoms with Gasteiger partial charge in [0.25, 0.3) is 5.91 Å². The molecular weight excluding hydrogens is 278 g/mol. The Morgan fingerprint density at radius 2 is 1.81 bits per heavy atom. The summed E-state index contributed by atoms with van der Waals surface area (Å²) in [5.74, 6) is -3.00. The molecule has 6 heteroatoms. The number of halogens is 2. The molecule has 0 bridgehead atoms. The Hall–Kier alpha value is -2.76. The fourth-order valence-electron chi connectivity index (χ4n) is 1.73. The van der Waals surface area contributed by atoms with Crippen LogP contribution in [0.1, 0.15) is 22.8 Å². The van der Waals surface area contributed by atoms with E-state index in [4.69, 9.17) is 5.21 Å². The van der Waals surface area contributed by atoms with Crippen LogP contribution in [0.5, 0.6) is 0 Å². The maximum Gasteiger partial charge on any atom is 0.258 e. The van der Waals surface area contributed by atoms with Gasteiger partial charge in [0, 0.05) is 5.69 Å². The molecule has 0 aliphatic rings. The van der Waals surface area contributed by atoms with Crippen molar-refractivity contribution in [3.05, 3.63) is 65.2 Å². The van der Waals surface area contributed by atoms with Gasteiger partial charge in [-0.1, -0.05) is 23.4 Å². The van der Waals surface area contributed by atoms with Crippen molar-refractivity contribution >= 4 is 17.3 Å². The van der Waals surface area contributed by atoms with Gasteiger partial charge >= 0.3 is 0 Å². The van der Waals surface area contributed by atoms with Crippen LogP contribution in [0.2, 0.25) is 0 Å². The van der Waals surface area contributed by atoms with E-state index in [1.54, 1.807) is 31.2 Å². The summed E-state index contributed by atoms with van der Waals surface area (Å²) in [5.41, 5.74) is 1.14. The van der Waals surface area contributed by atoms with Crippen LogP contribution in [-0.2, 0) is 0 Å². The molecule has 0 saturated carbocycles. The summed E-state index contributed by atoms with van der Waals surface area (Å²) in [7, 11) is 0. The summed E-state index contributed by atoms with van der Waals surface area (Å²) in [6.45, 7) is 1.62. The second kappa shape index (κ2) is 6.13. The van der Waals surface area contributed by atoms with Crippen molar-refractivity contribution in [3.63, 3.8) is 0 Å². The Kier molecular flexibility index (Phi) is 4.27. The molecule has 0 heterocycles. The SMILES string of the molecule is CC(=NO)c1ccc(NC(=O)c2cccc(F)c2F)cc1. The number of benzene rings is 2. The van der Waals surface area contributed by atoms with E-state index < -0.39 is 17.5 Å². The Balaban J connectivity index is 2.18. The molecule has 108 valence electrons. The average molecular weight is 290 g/mol. The summed E-state index contributed by atoms with van der Waals surface area (Å²) in [4.78, 5) is 11.9. The van der Waals surface area contributed by atoms with Gasteiger partial charge in [0.15, 0.2) is 11.6 Å². The number of rotatable bonds is 3. The first kappa shape index (κ1) is 14.6. The number of nitrogens with one attached hydrogen (secondary N) is 1. The summed E-state index contributed by atoms with van der Waals surface area (Å²) in [6.07, 6.45) is 0. The zero-order valence-corrected chi connectivity index (χ0v) is 11.1. The Morgan fingerprint density at radius 1 is 1.14 bits per heavy atom. The predicted molar refractivity (Wildman–Crippen MR) is 74.8 cm³/mol. The Labute approximate surface area is 119 Å². The minimum Gasteiger partial charge on any atom is -0.411 e. The van der Waals surface area contributed by atoms with Crippen LogP contribution in [0.15, 0.2) is 47.6 Å². The van der Waals surface area contributed by atoms with Crippen molar-refractivity contribution in [2.24, 2.45) is 5.16 Å². The van der Waals surface area contributed by atoms with Crippen molar-refractivity contribution in [1.82, 2.24) is 0 Å². The molecule has 4 nitrogen and oxygen atoms in total. The molecule has 0 atom stereocenters. The van der Waals surface area contributed by atoms with Gasteiger partial charge in [0.05, 0.1) is 11.3 Å².